The summed E-state index contributed by atoms with van der Waals surface area (Å²) in [5.74, 6) is 0.957. The molecule has 1 aliphatic rings. The number of hydrogen-bond acceptors (Lipinski definition) is 2. The van der Waals surface area contributed by atoms with Gasteiger partial charge in [-0.3, -0.25) is 0 Å². The Morgan fingerprint density at radius 1 is 0.947 bits per heavy atom. The largest absolute Gasteiger partial charge is 0.491 e. The van der Waals surface area contributed by atoms with E-state index in [9.17, 15) is 0 Å². The molecule has 0 saturated heterocycles. The molecule has 1 aliphatic carbocycles. The van der Waals surface area contributed by atoms with Gasteiger partial charge in [-0.15, -0.1) is 0 Å². The van der Waals surface area contributed by atoms with Crippen molar-refractivity contribution in [2.24, 2.45) is 0 Å². The van der Waals surface area contributed by atoms with E-state index in [0.29, 0.717) is 6.04 Å². The number of anilines is 1. The lowest BCUT2D eigenvalue weighted by Crippen LogP contribution is -2.20. The Labute approximate surface area is 117 Å². The van der Waals surface area contributed by atoms with Crippen molar-refractivity contribution in [3.05, 3.63) is 24.3 Å². The van der Waals surface area contributed by atoms with Crippen molar-refractivity contribution in [3.63, 3.8) is 0 Å². The minimum absolute atomic E-state index is 0.240. The monoisotopic (exact) mass is 261 g/mol. The topological polar surface area (TPSA) is 21.3 Å². The minimum Gasteiger partial charge on any atom is -0.491 e. The van der Waals surface area contributed by atoms with Gasteiger partial charge in [-0.2, -0.15) is 0 Å². The van der Waals surface area contributed by atoms with E-state index in [0.717, 1.165) is 5.75 Å². The van der Waals surface area contributed by atoms with Crippen molar-refractivity contribution in [2.45, 2.75) is 70.9 Å². The zero-order valence-electron chi connectivity index (χ0n) is 12.3. The summed E-state index contributed by atoms with van der Waals surface area (Å²) < 4.78 is 5.67. The van der Waals surface area contributed by atoms with E-state index in [-0.39, 0.29) is 6.10 Å². The first-order chi connectivity index (χ1) is 9.24. The number of benzene rings is 1. The molecule has 1 aromatic rings. The molecule has 2 heteroatoms. The van der Waals surface area contributed by atoms with Crippen LogP contribution < -0.4 is 10.1 Å². The zero-order valence-corrected chi connectivity index (χ0v) is 12.3. The fourth-order valence-electron chi connectivity index (χ4n) is 2.74. The standard InChI is InChI=1S/C17H27NO/c1-14(2)19-17-12-10-16(11-13-17)18-15-8-6-4-3-5-7-9-15/h10-15,18H,3-9H2,1-2H3. The van der Waals surface area contributed by atoms with E-state index >= 15 is 0 Å². The van der Waals surface area contributed by atoms with Crippen LogP contribution in [0.2, 0.25) is 0 Å². The van der Waals surface area contributed by atoms with E-state index in [1.54, 1.807) is 0 Å². The fraction of sp³-hybridized carbons (Fsp3) is 0.647. The molecule has 1 aromatic carbocycles. The van der Waals surface area contributed by atoms with Crippen molar-refractivity contribution in [1.82, 2.24) is 0 Å². The summed E-state index contributed by atoms with van der Waals surface area (Å²) in [6.45, 7) is 4.11. The fourth-order valence-corrected chi connectivity index (χ4v) is 2.74. The van der Waals surface area contributed by atoms with Crippen LogP contribution in [0.3, 0.4) is 0 Å². The first-order valence-corrected chi connectivity index (χ1v) is 7.77. The number of rotatable bonds is 4. The second kappa shape index (κ2) is 7.42. The molecule has 0 radical (unpaired) electrons. The highest BCUT2D eigenvalue weighted by atomic mass is 16.5. The van der Waals surface area contributed by atoms with Crippen molar-refractivity contribution >= 4 is 5.69 Å². The molecule has 106 valence electrons. The highest BCUT2D eigenvalue weighted by Gasteiger charge is 2.10. The molecule has 2 nitrogen and oxygen atoms in total. The maximum Gasteiger partial charge on any atom is 0.119 e. The molecule has 19 heavy (non-hydrogen) atoms. The van der Waals surface area contributed by atoms with Crippen LogP contribution in [0.4, 0.5) is 5.69 Å². The molecule has 1 fully saturated rings. The summed E-state index contributed by atoms with van der Waals surface area (Å²) in [5.41, 5.74) is 1.22. The maximum atomic E-state index is 5.67. The average molecular weight is 261 g/mol. The van der Waals surface area contributed by atoms with E-state index in [1.807, 2.05) is 0 Å². The third kappa shape index (κ3) is 5.14. The van der Waals surface area contributed by atoms with Crippen LogP contribution in [0, 0.1) is 0 Å². The van der Waals surface area contributed by atoms with Crippen molar-refractivity contribution < 1.29 is 4.74 Å². The second-order valence-electron chi connectivity index (χ2n) is 5.88. The molecule has 2 rings (SSSR count). The molecule has 1 saturated carbocycles. The lowest BCUT2D eigenvalue weighted by Gasteiger charge is -2.22. The Bertz CT molecular complexity index is 350. The predicted molar refractivity (Wildman–Crippen MR) is 81.9 cm³/mol. The highest BCUT2D eigenvalue weighted by Crippen LogP contribution is 2.22. The Kier molecular flexibility index (Phi) is 5.56. The van der Waals surface area contributed by atoms with E-state index < -0.39 is 0 Å². The molecule has 0 aliphatic heterocycles. The Hall–Kier alpha value is -1.18. The summed E-state index contributed by atoms with van der Waals surface area (Å²) in [4.78, 5) is 0. The van der Waals surface area contributed by atoms with E-state index in [2.05, 4.69) is 43.4 Å². The van der Waals surface area contributed by atoms with Gasteiger partial charge in [-0.05, 0) is 51.0 Å². The molecule has 0 spiro atoms. The van der Waals surface area contributed by atoms with E-state index in [4.69, 9.17) is 4.74 Å². The minimum atomic E-state index is 0.240. The first-order valence-electron chi connectivity index (χ1n) is 7.77. The Balaban J connectivity index is 1.87. The smallest absolute Gasteiger partial charge is 0.119 e. The first kappa shape index (κ1) is 14.2. The van der Waals surface area contributed by atoms with Gasteiger partial charge in [-0.1, -0.05) is 32.1 Å². The third-order valence-corrected chi connectivity index (χ3v) is 3.70. The van der Waals surface area contributed by atoms with Crippen molar-refractivity contribution in [1.29, 1.82) is 0 Å². The molecule has 0 atom stereocenters. The number of hydrogen-bond donors (Lipinski definition) is 1. The Morgan fingerprint density at radius 3 is 2.11 bits per heavy atom. The molecule has 0 heterocycles. The second-order valence-corrected chi connectivity index (χ2v) is 5.88. The van der Waals surface area contributed by atoms with Gasteiger partial charge in [0, 0.05) is 11.7 Å². The molecule has 0 amide bonds. The van der Waals surface area contributed by atoms with Crippen LogP contribution in [-0.4, -0.2) is 12.1 Å². The lowest BCUT2D eigenvalue weighted by atomic mass is 9.96. The predicted octanol–water partition coefficient (Wildman–Crippen LogP) is 5.00. The SMILES string of the molecule is CC(C)Oc1ccc(NC2CCCCCCC2)cc1. The third-order valence-electron chi connectivity index (χ3n) is 3.70. The molecular formula is C17H27NO. The van der Waals surface area contributed by atoms with Gasteiger partial charge in [0.1, 0.15) is 5.75 Å². The van der Waals surface area contributed by atoms with Crippen molar-refractivity contribution in [3.8, 4) is 5.75 Å². The van der Waals surface area contributed by atoms with Crippen LogP contribution >= 0.6 is 0 Å². The van der Waals surface area contributed by atoms with E-state index in [1.165, 1.54) is 50.6 Å². The normalized spacial score (nSPS) is 17.8. The van der Waals surface area contributed by atoms with Gasteiger partial charge in [0.05, 0.1) is 6.10 Å². The van der Waals surface area contributed by atoms with Crippen molar-refractivity contribution in [2.75, 3.05) is 5.32 Å². The summed E-state index contributed by atoms with van der Waals surface area (Å²) in [7, 11) is 0. The van der Waals surface area contributed by atoms with Crippen LogP contribution in [0.15, 0.2) is 24.3 Å². The number of ether oxygens (including phenoxy) is 1. The van der Waals surface area contributed by atoms with Gasteiger partial charge >= 0.3 is 0 Å². The van der Waals surface area contributed by atoms with Crippen LogP contribution in [-0.2, 0) is 0 Å². The van der Waals surface area contributed by atoms with Crippen LogP contribution in [0.5, 0.6) is 5.75 Å². The van der Waals surface area contributed by atoms with Gasteiger partial charge in [0.2, 0.25) is 0 Å². The lowest BCUT2D eigenvalue weighted by molar-refractivity contribution is 0.242. The summed E-state index contributed by atoms with van der Waals surface area (Å²) in [6, 6.07) is 9.04. The van der Waals surface area contributed by atoms with Gasteiger partial charge < -0.3 is 10.1 Å². The highest BCUT2D eigenvalue weighted by molar-refractivity contribution is 5.47. The quantitative estimate of drug-likeness (QED) is 0.823. The molecule has 0 unspecified atom stereocenters. The Morgan fingerprint density at radius 2 is 1.53 bits per heavy atom. The average Bonchev–Trinajstić information content (AvgIpc) is 2.34. The van der Waals surface area contributed by atoms with Crippen LogP contribution in [0.1, 0.15) is 58.8 Å². The summed E-state index contributed by atoms with van der Waals surface area (Å²) in [6.07, 6.45) is 9.82. The van der Waals surface area contributed by atoms with Gasteiger partial charge in [0.25, 0.3) is 0 Å². The molecule has 0 bridgehead atoms. The summed E-state index contributed by atoms with van der Waals surface area (Å²) >= 11 is 0. The number of nitrogens with one attached hydrogen (secondary N) is 1. The maximum absolute atomic E-state index is 5.67. The van der Waals surface area contributed by atoms with Gasteiger partial charge in [0.15, 0.2) is 0 Å². The molecular weight excluding hydrogens is 234 g/mol. The van der Waals surface area contributed by atoms with Crippen LogP contribution in [0.25, 0.3) is 0 Å². The van der Waals surface area contributed by atoms with Gasteiger partial charge in [-0.25, -0.2) is 0 Å². The zero-order chi connectivity index (χ0) is 13.5. The summed E-state index contributed by atoms with van der Waals surface area (Å²) in [5, 5.41) is 3.67. The molecule has 0 aromatic heterocycles. The molecule has 1 N–H and O–H groups in total.